The molecule has 4 heteroatoms. The van der Waals surface area contributed by atoms with Crippen molar-refractivity contribution in [3.63, 3.8) is 0 Å². The fourth-order valence-electron chi connectivity index (χ4n) is 2.79. The van der Waals surface area contributed by atoms with Crippen LogP contribution in [0, 0.1) is 6.92 Å². The monoisotopic (exact) mass is 259 g/mol. The Labute approximate surface area is 113 Å². The Hall–Kier alpha value is -1.36. The zero-order chi connectivity index (χ0) is 13.2. The van der Waals surface area contributed by atoms with E-state index in [4.69, 9.17) is 4.74 Å². The van der Waals surface area contributed by atoms with Crippen molar-refractivity contribution in [1.29, 1.82) is 0 Å². The van der Waals surface area contributed by atoms with Gasteiger partial charge in [0.25, 0.3) is 0 Å². The van der Waals surface area contributed by atoms with Crippen LogP contribution in [0.15, 0.2) is 24.3 Å². The predicted molar refractivity (Wildman–Crippen MR) is 76.9 cm³/mol. The van der Waals surface area contributed by atoms with Gasteiger partial charge in [-0.1, -0.05) is 18.2 Å². The first-order valence-corrected chi connectivity index (χ1v) is 6.86. The topological polar surface area (TPSA) is 29.4 Å². The van der Waals surface area contributed by atoms with E-state index in [9.17, 15) is 0 Å². The minimum Gasteiger partial charge on any atom is -0.379 e. The molecule has 1 aromatic heterocycles. The Kier molecular flexibility index (Phi) is 3.55. The molecule has 102 valence electrons. The number of fused-ring (bicyclic) bond motifs is 1. The molecule has 0 atom stereocenters. The molecule has 2 heterocycles. The number of hydrazine groups is 1. The summed E-state index contributed by atoms with van der Waals surface area (Å²) >= 11 is 0. The van der Waals surface area contributed by atoms with Crippen molar-refractivity contribution in [2.75, 3.05) is 26.3 Å². The third-order valence-corrected chi connectivity index (χ3v) is 3.99. The molecule has 1 saturated heterocycles. The van der Waals surface area contributed by atoms with Crippen molar-refractivity contribution in [1.82, 2.24) is 15.0 Å². The van der Waals surface area contributed by atoms with Crippen LogP contribution >= 0.6 is 0 Å². The molecule has 0 saturated carbocycles. The van der Waals surface area contributed by atoms with Gasteiger partial charge in [-0.3, -0.25) is 0 Å². The number of hydrogen-bond donors (Lipinski definition) is 1. The molecule has 1 aliphatic heterocycles. The van der Waals surface area contributed by atoms with Gasteiger partial charge >= 0.3 is 0 Å². The molecule has 0 radical (unpaired) electrons. The Morgan fingerprint density at radius 3 is 2.68 bits per heavy atom. The normalized spacial score (nSPS) is 17.2. The highest BCUT2D eigenvalue weighted by Crippen LogP contribution is 2.24. The zero-order valence-electron chi connectivity index (χ0n) is 11.6. The molecule has 1 aromatic carbocycles. The maximum Gasteiger partial charge on any atom is 0.0608 e. The fourth-order valence-corrected chi connectivity index (χ4v) is 2.79. The summed E-state index contributed by atoms with van der Waals surface area (Å²) in [5.41, 5.74) is 7.55. The van der Waals surface area contributed by atoms with Crippen molar-refractivity contribution < 1.29 is 4.74 Å². The van der Waals surface area contributed by atoms with Gasteiger partial charge in [0.1, 0.15) is 0 Å². The summed E-state index contributed by atoms with van der Waals surface area (Å²) in [6.45, 7) is 6.64. The molecule has 0 unspecified atom stereocenters. The Balaban J connectivity index is 1.80. The third kappa shape index (κ3) is 2.39. The number of aryl methyl sites for hydroxylation is 2. The first-order chi connectivity index (χ1) is 9.27. The minimum atomic E-state index is 0.821. The molecule has 0 bridgehead atoms. The molecular weight excluding hydrogens is 238 g/mol. The maximum absolute atomic E-state index is 5.36. The van der Waals surface area contributed by atoms with Gasteiger partial charge in [0.2, 0.25) is 0 Å². The number of rotatable bonds is 3. The van der Waals surface area contributed by atoms with E-state index in [1.165, 1.54) is 22.2 Å². The Morgan fingerprint density at radius 2 is 1.95 bits per heavy atom. The van der Waals surface area contributed by atoms with E-state index >= 15 is 0 Å². The number of aromatic nitrogens is 1. The zero-order valence-corrected chi connectivity index (χ0v) is 11.6. The molecule has 3 rings (SSSR count). The van der Waals surface area contributed by atoms with Gasteiger partial charge in [0.05, 0.1) is 19.8 Å². The smallest absolute Gasteiger partial charge is 0.0608 e. The van der Waals surface area contributed by atoms with E-state index < -0.39 is 0 Å². The highest BCUT2D eigenvalue weighted by Gasteiger charge is 2.14. The van der Waals surface area contributed by atoms with E-state index in [2.05, 4.69) is 53.2 Å². The van der Waals surface area contributed by atoms with Gasteiger partial charge in [-0.25, -0.2) is 10.4 Å². The van der Waals surface area contributed by atoms with E-state index in [1.807, 2.05) is 0 Å². The predicted octanol–water partition coefficient (Wildman–Crippen LogP) is 1.82. The van der Waals surface area contributed by atoms with Gasteiger partial charge in [0.15, 0.2) is 0 Å². The summed E-state index contributed by atoms with van der Waals surface area (Å²) in [7, 11) is 2.14. The van der Waals surface area contributed by atoms with Crippen LogP contribution in [0.3, 0.4) is 0 Å². The quantitative estimate of drug-likeness (QED) is 0.912. The highest BCUT2D eigenvalue weighted by atomic mass is 16.5. The van der Waals surface area contributed by atoms with Crippen LogP contribution in [0.2, 0.25) is 0 Å². The number of ether oxygens (including phenoxy) is 1. The average Bonchev–Trinajstić information content (AvgIpc) is 2.71. The van der Waals surface area contributed by atoms with Crippen LogP contribution < -0.4 is 5.43 Å². The molecule has 0 aliphatic carbocycles. The molecule has 0 spiro atoms. The molecule has 1 N–H and O–H groups in total. The summed E-state index contributed by atoms with van der Waals surface area (Å²) in [6, 6.07) is 8.58. The second-order valence-corrected chi connectivity index (χ2v) is 5.08. The summed E-state index contributed by atoms with van der Waals surface area (Å²) in [5, 5.41) is 3.60. The number of hydrogen-bond acceptors (Lipinski definition) is 3. The van der Waals surface area contributed by atoms with Crippen LogP contribution in [-0.4, -0.2) is 35.9 Å². The summed E-state index contributed by atoms with van der Waals surface area (Å²) in [5.74, 6) is 0. The SMILES string of the molecule is Cc1c(CNN2CCOCC2)n(C)c2ccccc12. The Morgan fingerprint density at radius 1 is 1.21 bits per heavy atom. The first-order valence-electron chi connectivity index (χ1n) is 6.86. The van der Waals surface area contributed by atoms with Crippen molar-refractivity contribution in [2.24, 2.45) is 7.05 Å². The van der Waals surface area contributed by atoms with Gasteiger partial charge in [-0.2, -0.15) is 0 Å². The molecule has 19 heavy (non-hydrogen) atoms. The maximum atomic E-state index is 5.36. The van der Waals surface area contributed by atoms with E-state index in [0.717, 1.165) is 32.8 Å². The van der Waals surface area contributed by atoms with Crippen LogP contribution in [0.5, 0.6) is 0 Å². The average molecular weight is 259 g/mol. The number of nitrogens with one attached hydrogen (secondary N) is 1. The molecular formula is C15H21N3O. The lowest BCUT2D eigenvalue weighted by Crippen LogP contribution is -2.45. The van der Waals surface area contributed by atoms with E-state index in [0.29, 0.717) is 0 Å². The van der Waals surface area contributed by atoms with Crippen LogP contribution in [0.25, 0.3) is 10.9 Å². The minimum absolute atomic E-state index is 0.821. The van der Waals surface area contributed by atoms with Crippen LogP contribution in [0.4, 0.5) is 0 Å². The second kappa shape index (κ2) is 5.33. The Bertz CT molecular complexity index is 531. The van der Waals surface area contributed by atoms with Crippen molar-refractivity contribution in [3.05, 3.63) is 35.5 Å². The number of benzene rings is 1. The molecule has 1 aliphatic rings. The fraction of sp³-hybridized carbons (Fsp3) is 0.467. The van der Waals surface area contributed by atoms with Crippen LogP contribution in [-0.2, 0) is 18.3 Å². The largest absolute Gasteiger partial charge is 0.379 e. The molecule has 4 nitrogen and oxygen atoms in total. The summed E-state index contributed by atoms with van der Waals surface area (Å²) in [6.07, 6.45) is 0. The van der Waals surface area contributed by atoms with Gasteiger partial charge in [-0.15, -0.1) is 0 Å². The van der Waals surface area contributed by atoms with Gasteiger partial charge in [0, 0.05) is 36.7 Å². The lowest BCUT2D eigenvalue weighted by atomic mass is 10.1. The van der Waals surface area contributed by atoms with Gasteiger partial charge < -0.3 is 9.30 Å². The highest BCUT2D eigenvalue weighted by molar-refractivity contribution is 5.85. The van der Waals surface area contributed by atoms with Gasteiger partial charge in [-0.05, 0) is 18.6 Å². The second-order valence-electron chi connectivity index (χ2n) is 5.08. The summed E-state index contributed by atoms with van der Waals surface area (Å²) in [4.78, 5) is 0. The molecule has 0 amide bonds. The van der Waals surface area contributed by atoms with Crippen LogP contribution in [0.1, 0.15) is 11.3 Å². The standard InChI is InChI=1S/C15H21N3O/c1-12-13-5-3-4-6-14(13)17(2)15(12)11-16-18-7-9-19-10-8-18/h3-6,16H,7-11H2,1-2H3. The van der Waals surface area contributed by atoms with E-state index in [-0.39, 0.29) is 0 Å². The lowest BCUT2D eigenvalue weighted by molar-refractivity contribution is 0.0102. The summed E-state index contributed by atoms with van der Waals surface area (Å²) < 4.78 is 7.65. The molecule has 1 fully saturated rings. The lowest BCUT2D eigenvalue weighted by Gasteiger charge is -2.27. The number of morpholine rings is 1. The first kappa shape index (κ1) is 12.7. The van der Waals surface area contributed by atoms with Crippen molar-refractivity contribution >= 4 is 10.9 Å². The van der Waals surface area contributed by atoms with Crippen molar-refractivity contribution in [3.8, 4) is 0 Å². The number of nitrogens with zero attached hydrogens (tertiary/aromatic N) is 2. The number of para-hydroxylation sites is 1. The van der Waals surface area contributed by atoms with E-state index in [1.54, 1.807) is 0 Å². The molecule has 2 aromatic rings. The third-order valence-electron chi connectivity index (χ3n) is 3.99. The van der Waals surface area contributed by atoms with Crippen molar-refractivity contribution in [2.45, 2.75) is 13.5 Å².